The quantitative estimate of drug-likeness (QED) is 0.227. The number of hydrogen-bond acceptors (Lipinski definition) is 9. The Morgan fingerprint density at radius 3 is 2.86 bits per heavy atom. The highest BCUT2D eigenvalue weighted by atomic mass is 35.5. The second-order valence-corrected chi connectivity index (χ2v) is 12.4. The van der Waals surface area contributed by atoms with E-state index in [2.05, 4.69) is 43.7 Å². The second-order valence-electron chi connectivity index (χ2n) is 12.0. The molecule has 8 rings (SSSR count). The molecule has 1 spiro atoms. The third-order valence-electron chi connectivity index (χ3n) is 9.65. The number of aryl methyl sites for hydroxylation is 2. The molecule has 4 aromatic rings. The van der Waals surface area contributed by atoms with Crippen LogP contribution in [-0.2, 0) is 24.8 Å². The molecule has 10 nitrogen and oxygen atoms in total. The Morgan fingerprint density at radius 2 is 2.00 bits per heavy atom. The number of benzene rings is 2. The van der Waals surface area contributed by atoms with Crippen LogP contribution in [0.2, 0.25) is 5.02 Å². The Balaban J connectivity index is 1.03. The lowest BCUT2D eigenvalue weighted by Gasteiger charge is -2.56. The lowest BCUT2D eigenvalue weighted by Crippen LogP contribution is -2.64. The van der Waals surface area contributed by atoms with Crippen LogP contribution in [0.4, 0.5) is 23.1 Å². The van der Waals surface area contributed by atoms with Gasteiger partial charge in [0.2, 0.25) is 5.95 Å². The molecule has 2 aromatic heterocycles. The molecule has 0 saturated carbocycles. The summed E-state index contributed by atoms with van der Waals surface area (Å²) in [5, 5.41) is 33.5. The molecule has 5 atom stereocenters. The number of aliphatic hydroxyl groups is 1. The Bertz CT molecular complexity index is 1740. The van der Waals surface area contributed by atoms with E-state index in [-0.39, 0.29) is 23.2 Å². The predicted molar refractivity (Wildman–Crippen MR) is 164 cm³/mol. The van der Waals surface area contributed by atoms with Gasteiger partial charge in [-0.05, 0) is 62.2 Å². The minimum absolute atomic E-state index is 0.156. The van der Waals surface area contributed by atoms with E-state index in [0.717, 1.165) is 41.9 Å². The molecule has 1 fully saturated rings. The van der Waals surface area contributed by atoms with Gasteiger partial charge in [0.25, 0.3) is 0 Å². The molecule has 2 aliphatic carbocycles. The topological polar surface area (TPSA) is 121 Å². The number of phenolic OH excluding ortho intramolecular Hbond substituents is 1. The average Bonchev–Trinajstić information content (AvgIpc) is 3.60. The van der Waals surface area contributed by atoms with Crippen LogP contribution in [0.25, 0.3) is 0 Å². The summed E-state index contributed by atoms with van der Waals surface area (Å²) in [5.74, 6) is 1.88. The molecule has 2 bridgehead atoms. The zero-order valence-electron chi connectivity index (χ0n) is 23.6. The fraction of sp³-hybridized carbons (Fsp3) is 0.344. The number of anilines is 4. The van der Waals surface area contributed by atoms with Crippen molar-refractivity contribution >= 4 is 34.7 Å². The number of phenols is 1. The van der Waals surface area contributed by atoms with Gasteiger partial charge in [0.15, 0.2) is 17.3 Å². The SMILES string of the molecule is CN1CC[C@]23c4c5c(CCn6cc(Nc7ncc(Cl)c(Nc8ccccc8)n7)cn6)cc(O)c4O[C@H]2[C@@H](O)C=C[C@H]3[C@H]1C5. The van der Waals surface area contributed by atoms with E-state index >= 15 is 0 Å². The molecule has 4 aliphatic rings. The molecule has 220 valence electrons. The molecular formula is C32H32ClN7O3. The van der Waals surface area contributed by atoms with E-state index < -0.39 is 6.10 Å². The number of nitrogens with zero attached hydrogens (tertiary/aromatic N) is 5. The second kappa shape index (κ2) is 9.97. The number of aliphatic hydroxyl groups excluding tert-OH is 1. The van der Waals surface area contributed by atoms with Gasteiger partial charge in [0.05, 0.1) is 18.1 Å². The van der Waals surface area contributed by atoms with Gasteiger partial charge in [-0.15, -0.1) is 0 Å². The largest absolute Gasteiger partial charge is 0.504 e. The molecule has 11 heteroatoms. The van der Waals surface area contributed by atoms with Gasteiger partial charge in [0.1, 0.15) is 17.2 Å². The molecule has 1 saturated heterocycles. The Morgan fingerprint density at radius 1 is 1.14 bits per heavy atom. The first-order valence-corrected chi connectivity index (χ1v) is 15.0. The fourth-order valence-electron chi connectivity index (χ4n) is 7.71. The predicted octanol–water partition coefficient (Wildman–Crippen LogP) is 4.57. The van der Waals surface area contributed by atoms with Crippen LogP contribution >= 0.6 is 11.6 Å². The number of piperidine rings is 1. The Labute approximate surface area is 254 Å². The minimum Gasteiger partial charge on any atom is -0.504 e. The average molecular weight is 598 g/mol. The highest BCUT2D eigenvalue weighted by Crippen LogP contribution is 2.63. The van der Waals surface area contributed by atoms with Crippen molar-refractivity contribution in [3.63, 3.8) is 0 Å². The van der Waals surface area contributed by atoms with Crippen molar-refractivity contribution in [1.29, 1.82) is 0 Å². The molecule has 43 heavy (non-hydrogen) atoms. The lowest BCUT2D eigenvalue weighted by molar-refractivity contribution is -0.0454. The monoisotopic (exact) mass is 597 g/mol. The van der Waals surface area contributed by atoms with Crippen LogP contribution in [0.1, 0.15) is 23.1 Å². The van der Waals surface area contributed by atoms with Crippen LogP contribution in [-0.4, -0.2) is 66.7 Å². The maximum absolute atomic E-state index is 11.1. The van der Waals surface area contributed by atoms with Crippen LogP contribution in [0, 0.1) is 5.92 Å². The van der Waals surface area contributed by atoms with Crippen LogP contribution in [0.3, 0.4) is 0 Å². The molecule has 0 amide bonds. The molecule has 4 heterocycles. The normalized spacial score (nSPS) is 26.6. The maximum atomic E-state index is 11.1. The first kappa shape index (κ1) is 26.5. The molecule has 2 aliphatic heterocycles. The van der Waals surface area contributed by atoms with Crippen molar-refractivity contribution in [1.82, 2.24) is 24.6 Å². The summed E-state index contributed by atoms with van der Waals surface area (Å²) in [4.78, 5) is 11.3. The number of aromatic hydroxyl groups is 1. The van der Waals surface area contributed by atoms with Crippen molar-refractivity contribution in [3.05, 3.63) is 88.9 Å². The number of halogens is 1. The van der Waals surface area contributed by atoms with Gasteiger partial charge < -0.3 is 30.5 Å². The number of para-hydroxylation sites is 1. The van der Waals surface area contributed by atoms with Crippen molar-refractivity contribution in [2.24, 2.45) is 5.92 Å². The Kier molecular flexibility index (Phi) is 6.15. The van der Waals surface area contributed by atoms with Gasteiger partial charge >= 0.3 is 0 Å². The summed E-state index contributed by atoms with van der Waals surface area (Å²) in [6, 6.07) is 11.9. The zero-order chi connectivity index (χ0) is 29.3. The minimum atomic E-state index is -0.689. The van der Waals surface area contributed by atoms with Crippen molar-refractivity contribution in [2.45, 2.75) is 49.5 Å². The first-order chi connectivity index (χ1) is 20.9. The van der Waals surface area contributed by atoms with Gasteiger partial charge in [-0.3, -0.25) is 4.68 Å². The van der Waals surface area contributed by atoms with E-state index in [1.165, 1.54) is 5.56 Å². The van der Waals surface area contributed by atoms with Crippen molar-refractivity contribution in [2.75, 3.05) is 24.2 Å². The summed E-state index contributed by atoms with van der Waals surface area (Å²) < 4.78 is 8.24. The van der Waals surface area contributed by atoms with Crippen LogP contribution < -0.4 is 15.4 Å². The van der Waals surface area contributed by atoms with Crippen molar-refractivity contribution < 1.29 is 14.9 Å². The van der Waals surface area contributed by atoms with Gasteiger partial charge in [0, 0.05) is 41.4 Å². The maximum Gasteiger partial charge on any atom is 0.229 e. The summed E-state index contributed by atoms with van der Waals surface area (Å²) in [6.45, 7) is 1.56. The third-order valence-corrected chi connectivity index (χ3v) is 9.93. The molecular weight excluding hydrogens is 566 g/mol. The number of rotatable bonds is 7. The van der Waals surface area contributed by atoms with Gasteiger partial charge in [-0.2, -0.15) is 10.1 Å². The number of likely N-dealkylation sites (N-methyl/N-ethyl adjacent to an activating group) is 1. The Hall–Kier alpha value is -4.12. The number of aromatic nitrogens is 4. The molecule has 0 radical (unpaired) electrons. The van der Waals surface area contributed by atoms with E-state index in [1.807, 2.05) is 53.4 Å². The van der Waals surface area contributed by atoms with E-state index in [0.29, 0.717) is 41.5 Å². The smallest absolute Gasteiger partial charge is 0.229 e. The van der Waals surface area contributed by atoms with Crippen LogP contribution in [0.15, 0.2) is 67.1 Å². The highest BCUT2D eigenvalue weighted by Gasteiger charge is 2.64. The first-order valence-electron chi connectivity index (χ1n) is 14.7. The number of hydrogen-bond donors (Lipinski definition) is 4. The van der Waals surface area contributed by atoms with E-state index in [9.17, 15) is 10.2 Å². The van der Waals surface area contributed by atoms with Gasteiger partial charge in [-0.1, -0.05) is 42.0 Å². The van der Waals surface area contributed by atoms with Gasteiger partial charge in [-0.25, -0.2) is 4.98 Å². The van der Waals surface area contributed by atoms with E-state index in [4.69, 9.17) is 16.3 Å². The fourth-order valence-corrected chi connectivity index (χ4v) is 7.85. The standard InChI is InChI=1S/C32H32ClN7O3/c1-39-12-10-32-22-7-8-25(41)29(32)43-28-26(42)13-18(21(27(28)32)14-24(22)39)9-11-40-17-20(15-35-40)37-31-34-16-23(33)30(38-31)36-19-5-3-2-4-6-19/h2-8,13,15-17,22,24-25,29,41-42H,9-12,14H2,1H3,(H2,34,36,37,38)/t22-,24+,25-,29-,32-/m0/s1. The summed E-state index contributed by atoms with van der Waals surface area (Å²) in [7, 11) is 2.19. The zero-order valence-corrected chi connectivity index (χ0v) is 24.4. The number of nitrogens with one attached hydrogen (secondary N) is 2. The summed E-state index contributed by atoms with van der Waals surface area (Å²) in [5.41, 5.74) is 4.80. The summed E-state index contributed by atoms with van der Waals surface area (Å²) >= 11 is 6.33. The van der Waals surface area contributed by atoms with Crippen LogP contribution in [0.5, 0.6) is 11.5 Å². The summed E-state index contributed by atoms with van der Waals surface area (Å²) in [6.07, 6.45) is 10.7. The number of likely N-dealkylation sites (tertiary alicyclic amines) is 1. The number of ether oxygens (including phenoxy) is 1. The van der Waals surface area contributed by atoms with E-state index in [1.54, 1.807) is 12.4 Å². The van der Waals surface area contributed by atoms with Crippen molar-refractivity contribution in [3.8, 4) is 11.5 Å². The molecule has 0 unspecified atom stereocenters. The highest BCUT2D eigenvalue weighted by molar-refractivity contribution is 6.32. The molecule has 2 aromatic carbocycles. The molecule has 4 N–H and O–H groups in total. The third kappa shape index (κ3) is 4.19. The lowest BCUT2D eigenvalue weighted by atomic mass is 9.53.